The topological polar surface area (TPSA) is 54.6 Å². The van der Waals surface area contributed by atoms with E-state index in [1.165, 1.54) is 16.5 Å². The maximum absolute atomic E-state index is 12.6. The van der Waals surface area contributed by atoms with Crippen molar-refractivity contribution in [3.8, 4) is 11.5 Å². The van der Waals surface area contributed by atoms with Crippen molar-refractivity contribution >= 4 is 16.8 Å². The van der Waals surface area contributed by atoms with Gasteiger partial charge in [-0.1, -0.05) is 17.7 Å². The molecule has 0 atom stereocenters. The summed E-state index contributed by atoms with van der Waals surface area (Å²) in [4.78, 5) is 17.9. The number of rotatable bonds is 5. The van der Waals surface area contributed by atoms with Gasteiger partial charge in [0.15, 0.2) is 6.61 Å². The summed E-state index contributed by atoms with van der Waals surface area (Å²) >= 11 is 0. The molecule has 5 heteroatoms. The highest BCUT2D eigenvalue weighted by molar-refractivity contribution is 5.85. The molecule has 2 aromatic carbocycles. The number of carbonyl (C=O) groups is 1. The van der Waals surface area contributed by atoms with E-state index < -0.39 is 0 Å². The van der Waals surface area contributed by atoms with Crippen LogP contribution in [0.15, 0.2) is 42.6 Å². The molecule has 2 heterocycles. The molecule has 0 aliphatic carbocycles. The molecule has 4 rings (SSSR count). The summed E-state index contributed by atoms with van der Waals surface area (Å²) in [5, 5.41) is 1.22. The molecule has 152 valence electrons. The van der Waals surface area contributed by atoms with Gasteiger partial charge in [0.1, 0.15) is 11.5 Å². The van der Waals surface area contributed by atoms with Crippen LogP contribution < -0.4 is 9.47 Å². The van der Waals surface area contributed by atoms with Crippen molar-refractivity contribution in [2.75, 3.05) is 26.8 Å². The van der Waals surface area contributed by atoms with Crippen LogP contribution in [-0.2, 0) is 4.79 Å². The highest BCUT2D eigenvalue weighted by Crippen LogP contribution is 2.34. The number of ether oxygens (including phenoxy) is 2. The fourth-order valence-electron chi connectivity index (χ4n) is 4.22. The molecule has 1 aromatic heterocycles. The Morgan fingerprint density at radius 3 is 2.66 bits per heavy atom. The molecule has 1 aliphatic heterocycles. The largest absolute Gasteiger partial charge is 0.497 e. The Labute approximate surface area is 171 Å². The molecular weight excluding hydrogens is 364 g/mol. The lowest BCUT2D eigenvalue weighted by atomic mass is 9.89. The van der Waals surface area contributed by atoms with E-state index in [-0.39, 0.29) is 12.5 Å². The molecule has 29 heavy (non-hydrogen) atoms. The van der Waals surface area contributed by atoms with Gasteiger partial charge >= 0.3 is 0 Å². The molecule has 1 fully saturated rings. The first-order valence-electron chi connectivity index (χ1n) is 10.2. The van der Waals surface area contributed by atoms with Gasteiger partial charge in [0.25, 0.3) is 5.91 Å². The van der Waals surface area contributed by atoms with Gasteiger partial charge in [-0.25, -0.2) is 0 Å². The normalized spacial score (nSPS) is 14.9. The zero-order valence-electron chi connectivity index (χ0n) is 17.3. The van der Waals surface area contributed by atoms with Gasteiger partial charge < -0.3 is 19.4 Å². The molecule has 1 N–H and O–H groups in total. The third-order valence-electron chi connectivity index (χ3n) is 5.89. The summed E-state index contributed by atoms with van der Waals surface area (Å²) in [6.07, 6.45) is 4.02. The number of methoxy groups -OCH3 is 1. The first-order chi connectivity index (χ1) is 14.0. The van der Waals surface area contributed by atoms with E-state index in [9.17, 15) is 4.79 Å². The second-order valence-corrected chi connectivity index (χ2v) is 7.87. The molecule has 1 amide bonds. The third-order valence-corrected chi connectivity index (χ3v) is 5.89. The molecule has 1 aliphatic rings. The number of benzene rings is 2. The SMILES string of the molecule is COc1ccc2[nH]cc(C3CCN(C(=O)COc4ccc(C)cc4C)CC3)c2c1. The van der Waals surface area contributed by atoms with Crippen LogP contribution in [0.4, 0.5) is 0 Å². The minimum Gasteiger partial charge on any atom is -0.497 e. The molecule has 0 unspecified atom stereocenters. The van der Waals surface area contributed by atoms with Crippen molar-refractivity contribution in [2.24, 2.45) is 0 Å². The molecule has 0 saturated carbocycles. The first-order valence-corrected chi connectivity index (χ1v) is 10.2. The molecule has 3 aromatic rings. The lowest BCUT2D eigenvalue weighted by Crippen LogP contribution is -2.40. The lowest BCUT2D eigenvalue weighted by Gasteiger charge is -2.32. The predicted molar refractivity (Wildman–Crippen MR) is 115 cm³/mol. The van der Waals surface area contributed by atoms with Crippen LogP contribution in [0.1, 0.15) is 35.4 Å². The number of nitrogens with zero attached hydrogens (tertiary/aromatic N) is 1. The van der Waals surface area contributed by atoms with Crippen LogP contribution in [0.3, 0.4) is 0 Å². The third kappa shape index (κ3) is 4.09. The number of aromatic nitrogens is 1. The quantitative estimate of drug-likeness (QED) is 0.692. The van der Waals surface area contributed by atoms with Gasteiger partial charge in [-0.3, -0.25) is 4.79 Å². The minimum atomic E-state index is 0.0593. The van der Waals surface area contributed by atoms with Gasteiger partial charge in [0.05, 0.1) is 7.11 Å². The van der Waals surface area contributed by atoms with E-state index in [1.807, 2.05) is 30.0 Å². The Balaban J connectivity index is 1.36. The number of hydrogen-bond acceptors (Lipinski definition) is 3. The monoisotopic (exact) mass is 392 g/mol. The Hall–Kier alpha value is -2.95. The maximum atomic E-state index is 12.6. The number of piperidine rings is 1. The summed E-state index contributed by atoms with van der Waals surface area (Å²) in [6, 6.07) is 12.1. The van der Waals surface area contributed by atoms with Crippen molar-refractivity contribution in [3.63, 3.8) is 0 Å². The number of aryl methyl sites for hydroxylation is 2. The summed E-state index contributed by atoms with van der Waals surface area (Å²) in [6.45, 7) is 5.68. The summed E-state index contributed by atoms with van der Waals surface area (Å²) < 4.78 is 11.2. The van der Waals surface area contributed by atoms with Crippen LogP contribution in [-0.4, -0.2) is 42.6 Å². The van der Waals surface area contributed by atoms with Crippen LogP contribution in [0.25, 0.3) is 10.9 Å². The van der Waals surface area contributed by atoms with E-state index in [1.54, 1.807) is 7.11 Å². The van der Waals surface area contributed by atoms with Crippen molar-refractivity contribution in [1.82, 2.24) is 9.88 Å². The van der Waals surface area contributed by atoms with Crippen LogP contribution in [0.2, 0.25) is 0 Å². The van der Waals surface area contributed by atoms with Gasteiger partial charge in [0, 0.05) is 30.2 Å². The van der Waals surface area contributed by atoms with Crippen LogP contribution in [0, 0.1) is 13.8 Å². The average molecular weight is 392 g/mol. The van der Waals surface area contributed by atoms with Crippen molar-refractivity contribution in [1.29, 1.82) is 0 Å². The number of nitrogens with one attached hydrogen (secondary N) is 1. The van der Waals surface area contributed by atoms with Crippen molar-refractivity contribution in [2.45, 2.75) is 32.6 Å². The maximum Gasteiger partial charge on any atom is 0.260 e. The zero-order valence-corrected chi connectivity index (χ0v) is 17.3. The highest BCUT2D eigenvalue weighted by Gasteiger charge is 2.26. The summed E-state index contributed by atoms with van der Waals surface area (Å²) in [5.41, 5.74) is 4.70. The van der Waals surface area contributed by atoms with E-state index in [4.69, 9.17) is 9.47 Å². The standard InChI is InChI=1S/C24H28N2O3/c1-16-4-7-23(17(2)12-16)29-15-24(27)26-10-8-18(9-11-26)21-14-25-22-6-5-19(28-3)13-20(21)22/h4-7,12-14,18,25H,8-11,15H2,1-3H3. The lowest BCUT2D eigenvalue weighted by molar-refractivity contribution is -0.134. The van der Waals surface area contributed by atoms with Gasteiger partial charge in [-0.15, -0.1) is 0 Å². The highest BCUT2D eigenvalue weighted by atomic mass is 16.5. The number of H-pyrrole nitrogens is 1. The van der Waals surface area contributed by atoms with Crippen molar-refractivity contribution in [3.05, 3.63) is 59.3 Å². The van der Waals surface area contributed by atoms with Gasteiger partial charge in [0.2, 0.25) is 0 Å². The summed E-state index contributed by atoms with van der Waals surface area (Å²) in [7, 11) is 1.69. The summed E-state index contributed by atoms with van der Waals surface area (Å²) in [5.74, 6) is 2.16. The van der Waals surface area contributed by atoms with E-state index in [2.05, 4.69) is 36.3 Å². The van der Waals surface area contributed by atoms with E-state index in [0.29, 0.717) is 5.92 Å². The Morgan fingerprint density at radius 1 is 1.14 bits per heavy atom. The Morgan fingerprint density at radius 2 is 1.93 bits per heavy atom. The van der Waals surface area contributed by atoms with Crippen LogP contribution >= 0.6 is 0 Å². The molecule has 0 bridgehead atoms. The molecule has 0 spiro atoms. The second kappa shape index (κ2) is 8.19. The van der Waals surface area contributed by atoms with Crippen LogP contribution in [0.5, 0.6) is 11.5 Å². The molecule has 1 saturated heterocycles. The smallest absolute Gasteiger partial charge is 0.260 e. The predicted octanol–water partition coefficient (Wildman–Crippen LogP) is 4.58. The minimum absolute atomic E-state index is 0.0593. The average Bonchev–Trinajstić information content (AvgIpc) is 3.16. The van der Waals surface area contributed by atoms with E-state index in [0.717, 1.165) is 48.5 Å². The number of aromatic amines is 1. The first kappa shape index (κ1) is 19.4. The molecule has 5 nitrogen and oxygen atoms in total. The molecule has 0 radical (unpaired) electrons. The van der Waals surface area contributed by atoms with E-state index >= 15 is 0 Å². The fraction of sp³-hybridized carbons (Fsp3) is 0.375. The number of amides is 1. The van der Waals surface area contributed by atoms with Gasteiger partial charge in [-0.05, 0) is 68.0 Å². The number of hydrogen-bond donors (Lipinski definition) is 1. The second-order valence-electron chi connectivity index (χ2n) is 7.87. The fourth-order valence-corrected chi connectivity index (χ4v) is 4.22. The molecular formula is C24H28N2O3. The Bertz CT molecular complexity index is 1020. The zero-order chi connectivity index (χ0) is 20.4. The van der Waals surface area contributed by atoms with Gasteiger partial charge in [-0.2, -0.15) is 0 Å². The van der Waals surface area contributed by atoms with Crippen molar-refractivity contribution < 1.29 is 14.3 Å². The number of fused-ring (bicyclic) bond motifs is 1. The Kier molecular flexibility index (Phi) is 5.47. The number of carbonyl (C=O) groups excluding carboxylic acids is 1. The number of likely N-dealkylation sites (tertiary alicyclic amines) is 1.